The Morgan fingerprint density at radius 2 is 1.85 bits per heavy atom. The van der Waals surface area contributed by atoms with Crippen molar-refractivity contribution in [1.29, 1.82) is 0 Å². The number of amides is 1. The molecule has 0 atom stereocenters. The Hall–Kier alpha value is -3.05. The van der Waals surface area contributed by atoms with Gasteiger partial charge in [-0.15, -0.1) is 0 Å². The maximum absolute atomic E-state index is 13.9. The second kappa shape index (κ2) is 12.6. The van der Waals surface area contributed by atoms with Crippen LogP contribution in [0.1, 0.15) is 54.0 Å². The molecule has 0 unspecified atom stereocenters. The predicted molar refractivity (Wildman–Crippen MR) is 147 cm³/mol. The first kappa shape index (κ1) is 29.9. The van der Waals surface area contributed by atoms with E-state index in [0.717, 1.165) is 70.6 Å². The van der Waals surface area contributed by atoms with Gasteiger partial charge >= 0.3 is 0 Å². The standard InChI is InChI=1S/C31H34F2N4O2.HI/c1-21(2)39-24-10-11-25-28(17-24)36(19-23-8-4-5-13-34-23)29(20-37(3)14-6-7-15-37)30(25)31(38)35-18-22-9-12-26(32)27(33)16-22;/h4-5,8-13,16-17,21H,6-7,14-15,18-20H2,1-3H3;1H. The average molecular weight is 661 g/mol. The van der Waals surface area contributed by atoms with E-state index in [4.69, 9.17) is 4.74 Å². The number of likely N-dealkylation sites (tertiary alicyclic amines) is 1. The van der Waals surface area contributed by atoms with Crippen molar-refractivity contribution in [2.45, 2.75) is 52.4 Å². The summed E-state index contributed by atoms with van der Waals surface area (Å²) in [7, 11) is 2.24. The van der Waals surface area contributed by atoms with Crippen molar-refractivity contribution < 1.29 is 46.8 Å². The Labute approximate surface area is 251 Å². The Morgan fingerprint density at radius 1 is 1.07 bits per heavy atom. The normalized spacial score (nSPS) is 14.3. The van der Waals surface area contributed by atoms with Gasteiger partial charge in [0, 0.05) is 37.0 Å². The lowest BCUT2D eigenvalue weighted by Crippen LogP contribution is -3.00. The minimum Gasteiger partial charge on any atom is -1.00 e. The zero-order valence-corrected chi connectivity index (χ0v) is 25.3. The second-order valence-corrected chi connectivity index (χ2v) is 10.9. The van der Waals surface area contributed by atoms with Crippen molar-refractivity contribution in [3.63, 3.8) is 0 Å². The highest BCUT2D eigenvalue weighted by Gasteiger charge is 2.33. The van der Waals surface area contributed by atoms with Crippen LogP contribution in [0, 0.1) is 11.6 Å². The van der Waals surface area contributed by atoms with E-state index in [1.54, 1.807) is 6.20 Å². The number of nitrogens with zero attached hydrogens (tertiary/aromatic N) is 3. The maximum atomic E-state index is 13.9. The van der Waals surface area contributed by atoms with E-state index >= 15 is 0 Å². The summed E-state index contributed by atoms with van der Waals surface area (Å²) in [6.45, 7) is 7.34. The maximum Gasteiger partial charge on any atom is 0.254 e. The summed E-state index contributed by atoms with van der Waals surface area (Å²) >= 11 is 0. The van der Waals surface area contributed by atoms with Crippen molar-refractivity contribution in [2.24, 2.45) is 0 Å². The van der Waals surface area contributed by atoms with Crippen LogP contribution < -0.4 is 34.0 Å². The number of benzene rings is 2. The molecule has 4 aromatic rings. The third-order valence-electron chi connectivity index (χ3n) is 7.40. The first-order chi connectivity index (χ1) is 18.7. The number of aromatic nitrogens is 2. The molecule has 0 bridgehead atoms. The highest BCUT2D eigenvalue weighted by atomic mass is 127. The number of quaternary nitrogens is 1. The zero-order valence-electron chi connectivity index (χ0n) is 23.1. The summed E-state index contributed by atoms with van der Waals surface area (Å²) in [5.74, 6) is -1.35. The van der Waals surface area contributed by atoms with Crippen LogP contribution >= 0.6 is 0 Å². The van der Waals surface area contributed by atoms with Crippen LogP contribution in [-0.4, -0.2) is 46.2 Å². The summed E-state index contributed by atoms with van der Waals surface area (Å²) in [6.07, 6.45) is 4.09. The van der Waals surface area contributed by atoms with E-state index in [9.17, 15) is 13.6 Å². The van der Waals surface area contributed by atoms with Crippen LogP contribution in [0.3, 0.4) is 0 Å². The molecule has 3 heterocycles. The van der Waals surface area contributed by atoms with Gasteiger partial charge in [0.1, 0.15) is 12.3 Å². The van der Waals surface area contributed by atoms with Gasteiger partial charge in [-0.2, -0.15) is 0 Å². The first-order valence-corrected chi connectivity index (χ1v) is 13.5. The van der Waals surface area contributed by atoms with Crippen LogP contribution in [-0.2, 0) is 19.6 Å². The molecule has 0 saturated carbocycles. The van der Waals surface area contributed by atoms with E-state index in [2.05, 4.69) is 21.9 Å². The summed E-state index contributed by atoms with van der Waals surface area (Å²) < 4.78 is 36.3. The molecule has 1 amide bonds. The average Bonchev–Trinajstić information content (AvgIpc) is 3.46. The third kappa shape index (κ3) is 6.63. The largest absolute Gasteiger partial charge is 1.00 e. The SMILES string of the molecule is CC(C)Oc1ccc2c(C(=O)NCc3ccc(F)c(F)c3)c(C[N+]3(C)CCCC3)n(Cc3ccccn3)c2c1.[I-]. The van der Waals surface area contributed by atoms with Gasteiger partial charge in [-0.1, -0.05) is 12.1 Å². The number of nitrogens with one attached hydrogen (secondary N) is 1. The number of carbonyl (C=O) groups excluding carboxylic acids is 1. The molecule has 0 radical (unpaired) electrons. The molecular formula is C31H35F2IN4O2. The molecule has 2 aromatic carbocycles. The van der Waals surface area contributed by atoms with Crippen LogP contribution in [0.25, 0.3) is 10.9 Å². The van der Waals surface area contributed by atoms with Crippen LogP contribution in [0.4, 0.5) is 8.78 Å². The molecule has 0 aliphatic carbocycles. The van der Waals surface area contributed by atoms with Crippen LogP contribution in [0.15, 0.2) is 60.8 Å². The number of rotatable bonds is 9. The van der Waals surface area contributed by atoms with Gasteiger partial charge in [-0.25, -0.2) is 8.78 Å². The molecule has 212 valence electrons. The summed E-state index contributed by atoms with van der Waals surface area (Å²) in [6, 6.07) is 15.4. The molecule has 9 heteroatoms. The van der Waals surface area contributed by atoms with Gasteiger partial charge in [-0.05, 0) is 55.8 Å². The number of pyridine rings is 1. The molecule has 5 rings (SSSR count). The lowest BCUT2D eigenvalue weighted by atomic mass is 10.1. The number of fused-ring (bicyclic) bond motifs is 1. The Morgan fingerprint density at radius 3 is 2.52 bits per heavy atom. The second-order valence-electron chi connectivity index (χ2n) is 10.9. The Bertz CT molecular complexity index is 1480. The number of hydrogen-bond donors (Lipinski definition) is 1. The summed E-state index contributed by atoms with van der Waals surface area (Å²) in [4.78, 5) is 18.4. The monoisotopic (exact) mass is 660 g/mol. The molecular weight excluding hydrogens is 625 g/mol. The third-order valence-corrected chi connectivity index (χ3v) is 7.40. The van der Waals surface area contributed by atoms with E-state index in [0.29, 0.717) is 24.2 Å². The van der Waals surface area contributed by atoms with Crippen molar-refractivity contribution in [3.8, 4) is 5.75 Å². The molecule has 1 fully saturated rings. The van der Waals surface area contributed by atoms with Crippen LogP contribution in [0.2, 0.25) is 0 Å². The number of ether oxygens (including phenoxy) is 1. The van der Waals surface area contributed by atoms with E-state index in [1.165, 1.54) is 6.07 Å². The summed E-state index contributed by atoms with van der Waals surface area (Å²) in [5.41, 5.74) is 3.82. The van der Waals surface area contributed by atoms with Crippen molar-refractivity contribution in [1.82, 2.24) is 14.9 Å². The fourth-order valence-corrected chi connectivity index (χ4v) is 5.52. The predicted octanol–water partition coefficient (Wildman–Crippen LogP) is 2.82. The summed E-state index contributed by atoms with van der Waals surface area (Å²) in [5, 5.41) is 3.79. The molecule has 40 heavy (non-hydrogen) atoms. The minimum absolute atomic E-state index is 0. The zero-order chi connectivity index (χ0) is 27.6. The quantitative estimate of drug-likeness (QED) is 0.222. The van der Waals surface area contributed by atoms with Gasteiger partial charge in [0.15, 0.2) is 11.6 Å². The number of carbonyl (C=O) groups is 1. The van der Waals surface area contributed by atoms with Gasteiger partial charge in [0.05, 0.1) is 55.3 Å². The van der Waals surface area contributed by atoms with Crippen molar-refractivity contribution in [2.75, 3.05) is 20.1 Å². The smallest absolute Gasteiger partial charge is 0.254 e. The molecule has 1 N–H and O–H groups in total. The van der Waals surface area contributed by atoms with Crippen molar-refractivity contribution in [3.05, 3.63) is 94.9 Å². The Kier molecular flexibility index (Phi) is 9.45. The van der Waals surface area contributed by atoms with E-state index in [1.807, 2.05) is 50.2 Å². The van der Waals surface area contributed by atoms with Crippen LogP contribution in [0.5, 0.6) is 5.75 Å². The molecule has 2 aromatic heterocycles. The number of hydrogen-bond acceptors (Lipinski definition) is 3. The van der Waals surface area contributed by atoms with Gasteiger partial charge in [-0.3, -0.25) is 9.78 Å². The van der Waals surface area contributed by atoms with Gasteiger partial charge in [0.25, 0.3) is 5.91 Å². The fraction of sp³-hybridized carbons (Fsp3) is 0.355. The van der Waals surface area contributed by atoms with Gasteiger partial charge in [0.2, 0.25) is 0 Å². The Balaban J connectivity index is 0.00000370. The molecule has 1 aliphatic heterocycles. The highest BCUT2D eigenvalue weighted by molar-refractivity contribution is 6.08. The lowest BCUT2D eigenvalue weighted by molar-refractivity contribution is -0.911. The highest BCUT2D eigenvalue weighted by Crippen LogP contribution is 2.34. The minimum atomic E-state index is -0.932. The molecule has 0 spiro atoms. The number of halogens is 3. The fourth-order valence-electron chi connectivity index (χ4n) is 5.52. The molecule has 1 aliphatic rings. The lowest BCUT2D eigenvalue weighted by Gasteiger charge is -2.30. The first-order valence-electron chi connectivity index (χ1n) is 13.5. The van der Waals surface area contributed by atoms with E-state index in [-0.39, 0.29) is 42.5 Å². The van der Waals surface area contributed by atoms with E-state index < -0.39 is 11.6 Å². The molecule has 1 saturated heterocycles. The van der Waals surface area contributed by atoms with Crippen molar-refractivity contribution >= 4 is 16.8 Å². The molecule has 6 nitrogen and oxygen atoms in total. The topological polar surface area (TPSA) is 56.1 Å². The van der Waals surface area contributed by atoms with Gasteiger partial charge < -0.3 is 43.1 Å².